The number of nitrogens with one attached hydrogen (secondary N) is 2. The second-order valence-electron chi connectivity index (χ2n) is 4.24. The first-order chi connectivity index (χ1) is 9.66. The summed E-state index contributed by atoms with van der Waals surface area (Å²) in [6, 6.07) is 4.86. The van der Waals surface area contributed by atoms with E-state index in [4.69, 9.17) is 0 Å². The number of benzene rings is 1. The number of phenolic OH excluding ortho intramolecular Hbond substituents is 2. The third kappa shape index (κ3) is 6.48. The third-order valence-electron chi connectivity index (χ3n) is 2.78. The fourth-order valence-electron chi connectivity index (χ4n) is 1.71. The van der Waals surface area contributed by atoms with Gasteiger partial charge in [0.1, 0.15) is 0 Å². The van der Waals surface area contributed by atoms with Gasteiger partial charge >= 0.3 is 0 Å². The van der Waals surface area contributed by atoms with Crippen LogP contribution in [0.2, 0.25) is 0 Å². The van der Waals surface area contributed by atoms with E-state index >= 15 is 0 Å². The van der Waals surface area contributed by atoms with Crippen molar-refractivity contribution in [3.05, 3.63) is 30.3 Å². The minimum absolute atomic E-state index is 0.120. The number of para-hydroxylation sites is 1. The van der Waals surface area contributed by atoms with Crippen LogP contribution in [0, 0.1) is 0 Å². The molecular weight excluding hydrogens is 252 g/mol. The van der Waals surface area contributed by atoms with Crippen LogP contribution in [0.3, 0.4) is 0 Å². The molecule has 0 spiro atoms. The van der Waals surface area contributed by atoms with E-state index in [9.17, 15) is 10.2 Å². The molecule has 4 heteroatoms. The molecule has 20 heavy (non-hydrogen) atoms. The van der Waals surface area contributed by atoms with Gasteiger partial charge in [-0.2, -0.15) is 0 Å². The number of rotatable bonds is 8. The van der Waals surface area contributed by atoms with Gasteiger partial charge in [-0.25, -0.2) is 0 Å². The maximum atomic E-state index is 9.68. The molecule has 1 aromatic rings. The molecule has 0 unspecified atom stereocenters. The van der Waals surface area contributed by atoms with Crippen molar-refractivity contribution in [1.82, 2.24) is 10.6 Å². The summed E-state index contributed by atoms with van der Waals surface area (Å²) in [7, 11) is 1.95. The summed E-state index contributed by atoms with van der Waals surface area (Å²) in [5.74, 6) is -0.241. The van der Waals surface area contributed by atoms with Crippen LogP contribution in [0.4, 0.5) is 0 Å². The largest absolute Gasteiger partial charge is 0.504 e. The summed E-state index contributed by atoms with van der Waals surface area (Å²) in [6.45, 7) is 9.72. The predicted octanol–water partition coefficient (Wildman–Crippen LogP) is 3.07. The third-order valence-corrected chi connectivity index (χ3v) is 2.78. The van der Waals surface area contributed by atoms with E-state index in [1.165, 1.54) is 6.07 Å². The fraction of sp³-hybridized carbons (Fsp3) is 0.500. The number of unbranched alkanes of at least 4 members (excludes halogenated alkanes) is 2. The van der Waals surface area contributed by atoms with Crippen molar-refractivity contribution in [3.63, 3.8) is 0 Å². The minimum atomic E-state index is -0.121. The highest BCUT2D eigenvalue weighted by Gasteiger charge is 2.08. The van der Waals surface area contributed by atoms with Gasteiger partial charge in [0.25, 0.3) is 0 Å². The fourth-order valence-corrected chi connectivity index (χ4v) is 1.71. The lowest BCUT2D eigenvalue weighted by atomic mass is 10.1. The Morgan fingerprint density at radius 2 is 1.75 bits per heavy atom. The van der Waals surface area contributed by atoms with E-state index in [2.05, 4.69) is 17.2 Å². The standard InChI is InChI=1S/C14H22N2O2.C2H6/c1-11(16-10-5-3-4-9-15-2)12-7-6-8-13(17)14(12)18;1-2/h6-8,15-18H,1,3-5,9-10H2,2H3;1-2H3. The van der Waals surface area contributed by atoms with E-state index < -0.39 is 0 Å². The smallest absolute Gasteiger partial charge is 0.166 e. The van der Waals surface area contributed by atoms with E-state index in [0.29, 0.717) is 11.3 Å². The summed E-state index contributed by atoms with van der Waals surface area (Å²) < 4.78 is 0. The van der Waals surface area contributed by atoms with Crippen molar-refractivity contribution >= 4 is 5.70 Å². The lowest BCUT2D eigenvalue weighted by Gasteiger charge is -2.11. The van der Waals surface area contributed by atoms with E-state index in [-0.39, 0.29) is 11.5 Å². The molecule has 0 atom stereocenters. The molecule has 0 bridgehead atoms. The Bertz CT molecular complexity index is 392. The van der Waals surface area contributed by atoms with Crippen LogP contribution >= 0.6 is 0 Å². The summed E-state index contributed by atoms with van der Waals surface area (Å²) in [5, 5.41) is 25.3. The Kier molecular flexibility index (Phi) is 10.2. The second-order valence-corrected chi connectivity index (χ2v) is 4.24. The lowest BCUT2D eigenvalue weighted by molar-refractivity contribution is 0.402. The van der Waals surface area contributed by atoms with Crippen LogP contribution in [0.15, 0.2) is 24.8 Å². The van der Waals surface area contributed by atoms with Crippen molar-refractivity contribution in [3.8, 4) is 11.5 Å². The Labute approximate surface area is 122 Å². The molecule has 0 saturated carbocycles. The Morgan fingerprint density at radius 1 is 1.10 bits per heavy atom. The quantitative estimate of drug-likeness (QED) is 0.436. The Hall–Kier alpha value is -1.68. The van der Waals surface area contributed by atoms with Crippen molar-refractivity contribution < 1.29 is 10.2 Å². The zero-order valence-corrected chi connectivity index (χ0v) is 12.9. The first kappa shape index (κ1) is 18.3. The molecule has 1 rings (SSSR count). The van der Waals surface area contributed by atoms with Gasteiger partial charge in [-0.3, -0.25) is 0 Å². The van der Waals surface area contributed by atoms with E-state index in [1.54, 1.807) is 12.1 Å². The normalized spacial score (nSPS) is 9.55. The molecule has 0 aliphatic rings. The monoisotopic (exact) mass is 280 g/mol. The SMILES string of the molecule is C=C(NCCCCCNC)c1cccc(O)c1O.CC. The summed E-state index contributed by atoms with van der Waals surface area (Å²) in [5.41, 5.74) is 1.18. The second kappa shape index (κ2) is 11.2. The molecule has 0 fully saturated rings. The van der Waals surface area contributed by atoms with Crippen LogP contribution in [-0.4, -0.2) is 30.4 Å². The Balaban J connectivity index is 0.00000172. The summed E-state index contributed by atoms with van der Waals surface area (Å²) >= 11 is 0. The summed E-state index contributed by atoms with van der Waals surface area (Å²) in [4.78, 5) is 0. The van der Waals surface area contributed by atoms with Gasteiger partial charge in [0.15, 0.2) is 11.5 Å². The van der Waals surface area contributed by atoms with E-state index in [1.807, 2.05) is 20.9 Å². The van der Waals surface area contributed by atoms with Crippen molar-refractivity contribution in [2.45, 2.75) is 33.1 Å². The predicted molar refractivity (Wildman–Crippen MR) is 85.9 cm³/mol. The van der Waals surface area contributed by atoms with Gasteiger partial charge in [0, 0.05) is 17.8 Å². The van der Waals surface area contributed by atoms with Gasteiger partial charge < -0.3 is 20.8 Å². The van der Waals surface area contributed by atoms with Crippen LogP contribution < -0.4 is 10.6 Å². The zero-order chi connectivity index (χ0) is 15.4. The van der Waals surface area contributed by atoms with Crippen molar-refractivity contribution in [2.75, 3.05) is 20.1 Å². The molecular formula is C16H28N2O2. The average molecular weight is 280 g/mol. The van der Waals surface area contributed by atoms with Crippen molar-refractivity contribution in [1.29, 1.82) is 0 Å². The molecule has 0 saturated heterocycles. The van der Waals surface area contributed by atoms with Crippen LogP contribution in [0.5, 0.6) is 11.5 Å². The minimum Gasteiger partial charge on any atom is -0.504 e. The van der Waals surface area contributed by atoms with E-state index in [0.717, 1.165) is 32.4 Å². The van der Waals surface area contributed by atoms with Gasteiger partial charge in [0.2, 0.25) is 0 Å². The maximum Gasteiger partial charge on any atom is 0.166 e. The number of phenols is 2. The summed E-state index contributed by atoms with van der Waals surface area (Å²) in [6.07, 6.45) is 3.36. The molecule has 0 amide bonds. The van der Waals surface area contributed by atoms with Crippen LogP contribution in [0.1, 0.15) is 38.7 Å². The topological polar surface area (TPSA) is 64.5 Å². The molecule has 114 valence electrons. The highest BCUT2D eigenvalue weighted by Crippen LogP contribution is 2.31. The van der Waals surface area contributed by atoms with Crippen LogP contribution in [0.25, 0.3) is 5.70 Å². The molecule has 0 radical (unpaired) electrons. The average Bonchev–Trinajstić information content (AvgIpc) is 2.47. The lowest BCUT2D eigenvalue weighted by Crippen LogP contribution is -2.14. The Morgan fingerprint density at radius 3 is 2.40 bits per heavy atom. The van der Waals surface area contributed by atoms with Gasteiger partial charge in [-0.1, -0.05) is 32.9 Å². The molecule has 1 aromatic carbocycles. The van der Waals surface area contributed by atoms with Gasteiger partial charge in [-0.05, 0) is 38.6 Å². The van der Waals surface area contributed by atoms with Gasteiger partial charge in [-0.15, -0.1) is 0 Å². The first-order valence-electron chi connectivity index (χ1n) is 7.25. The molecule has 0 aliphatic carbocycles. The number of hydrogen-bond acceptors (Lipinski definition) is 4. The number of aromatic hydroxyl groups is 2. The van der Waals surface area contributed by atoms with Gasteiger partial charge in [0.05, 0.1) is 0 Å². The highest BCUT2D eigenvalue weighted by atomic mass is 16.3. The highest BCUT2D eigenvalue weighted by molar-refractivity contribution is 5.69. The van der Waals surface area contributed by atoms with Crippen molar-refractivity contribution in [2.24, 2.45) is 0 Å². The van der Waals surface area contributed by atoms with Crippen LogP contribution in [-0.2, 0) is 0 Å². The molecule has 0 aromatic heterocycles. The number of hydrogen-bond donors (Lipinski definition) is 4. The molecule has 0 aliphatic heterocycles. The molecule has 0 heterocycles. The molecule has 4 N–H and O–H groups in total. The zero-order valence-electron chi connectivity index (χ0n) is 12.9. The maximum absolute atomic E-state index is 9.68. The molecule has 4 nitrogen and oxygen atoms in total. The first-order valence-corrected chi connectivity index (χ1v) is 7.25.